The first kappa shape index (κ1) is 16.2. The fourth-order valence-corrected chi connectivity index (χ4v) is 4.96. The Labute approximate surface area is 144 Å². The first-order valence-electron chi connectivity index (χ1n) is 7.52. The summed E-state index contributed by atoms with van der Waals surface area (Å²) in [5, 5.41) is 10.6. The van der Waals surface area contributed by atoms with Gasteiger partial charge in [0, 0.05) is 27.7 Å². The standard InChI is InChI=1S/C19H18O2S2/c1-19(2)9-10-22-17-8-4-13(11-16(17)19)3-5-14-6-7-15(23-14)12-18(20)21/h4,6-8,11H,9-10,12H2,1-2H3,(H,20,21)/p-1. The van der Waals surface area contributed by atoms with E-state index in [2.05, 4.69) is 43.9 Å². The van der Waals surface area contributed by atoms with Crippen LogP contribution in [0, 0.1) is 11.8 Å². The van der Waals surface area contributed by atoms with Crippen LogP contribution in [-0.2, 0) is 16.6 Å². The summed E-state index contributed by atoms with van der Waals surface area (Å²) in [7, 11) is 0. The molecular weight excluding hydrogens is 324 g/mol. The van der Waals surface area contributed by atoms with E-state index in [1.165, 1.54) is 34.0 Å². The number of thioether (sulfide) groups is 1. The van der Waals surface area contributed by atoms with E-state index >= 15 is 0 Å². The van der Waals surface area contributed by atoms with Crippen molar-refractivity contribution in [3.05, 3.63) is 51.2 Å². The van der Waals surface area contributed by atoms with E-state index in [-0.39, 0.29) is 11.8 Å². The van der Waals surface area contributed by atoms with Crippen LogP contribution < -0.4 is 5.11 Å². The number of carboxylic acid groups (broad SMARTS) is 1. The van der Waals surface area contributed by atoms with E-state index in [0.29, 0.717) is 0 Å². The summed E-state index contributed by atoms with van der Waals surface area (Å²) in [5.41, 5.74) is 2.58. The largest absolute Gasteiger partial charge is 0.550 e. The molecule has 0 radical (unpaired) electrons. The van der Waals surface area contributed by atoms with Crippen molar-refractivity contribution in [3.8, 4) is 11.8 Å². The highest BCUT2D eigenvalue weighted by Gasteiger charge is 2.27. The van der Waals surface area contributed by atoms with Crippen LogP contribution in [-0.4, -0.2) is 11.7 Å². The molecule has 3 rings (SSSR count). The second-order valence-corrected chi connectivity index (χ2v) is 8.56. The van der Waals surface area contributed by atoms with Crippen LogP contribution in [0.5, 0.6) is 0 Å². The highest BCUT2D eigenvalue weighted by molar-refractivity contribution is 7.99. The molecule has 4 heteroatoms. The first-order valence-corrected chi connectivity index (χ1v) is 9.32. The van der Waals surface area contributed by atoms with Crippen molar-refractivity contribution in [2.24, 2.45) is 0 Å². The van der Waals surface area contributed by atoms with Crippen LogP contribution in [0.15, 0.2) is 35.2 Å². The smallest absolute Gasteiger partial charge is 0.0775 e. The SMILES string of the molecule is CC1(C)CCSc2ccc(C#Cc3ccc(CC(=O)[O-])s3)cc21. The van der Waals surface area contributed by atoms with Gasteiger partial charge in [-0.25, -0.2) is 0 Å². The summed E-state index contributed by atoms with van der Waals surface area (Å²) in [5.74, 6) is 6.45. The zero-order chi connectivity index (χ0) is 16.4. The molecule has 2 aromatic rings. The zero-order valence-electron chi connectivity index (χ0n) is 13.1. The Morgan fingerprint density at radius 1 is 1.26 bits per heavy atom. The van der Waals surface area contributed by atoms with E-state index in [0.717, 1.165) is 15.3 Å². The molecule has 23 heavy (non-hydrogen) atoms. The third kappa shape index (κ3) is 3.80. The monoisotopic (exact) mass is 341 g/mol. The lowest BCUT2D eigenvalue weighted by atomic mass is 9.81. The maximum Gasteiger partial charge on any atom is 0.0775 e. The van der Waals surface area contributed by atoms with Crippen LogP contribution in [0.4, 0.5) is 0 Å². The number of carbonyl (C=O) groups is 1. The van der Waals surface area contributed by atoms with Crippen LogP contribution >= 0.6 is 23.1 Å². The molecule has 2 nitrogen and oxygen atoms in total. The fourth-order valence-electron chi connectivity index (χ4n) is 2.63. The third-order valence-electron chi connectivity index (χ3n) is 4.00. The summed E-state index contributed by atoms with van der Waals surface area (Å²) < 4.78 is 0. The molecule has 0 saturated heterocycles. The molecule has 1 aliphatic rings. The van der Waals surface area contributed by atoms with E-state index in [4.69, 9.17) is 0 Å². The number of carboxylic acids is 1. The van der Waals surface area contributed by atoms with Crippen LogP contribution in [0.2, 0.25) is 0 Å². The molecule has 0 fully saturated rings. The number of hydrogen-bond acceptors (Lipinski definition) is 4. The lowest BCUT2D eigenvalue weighted by Gasteiger charge is -2.32. The average molecular weight is 341 g/mol. The predicted molar refractivity (Wildman–Crippen MR) is 93.8 cm³/mol. The molecule has 0 unspecified atom stereocenters. The first-order chi connectivity index (χ1) is 10.9. The minimum Gasteiger partial charge on any atom is -0.550 e. The van der Waals surface area contributed by atoms with Crippen molar-refractivity contribution < 1.29 is 9.90 Å². The van der Waals surface area contributed by atoms with E-state index in [9.17, 15) is 9.90 Å². The van der Waals surface area contributed by atoms with E-state index in [1.807, 2.05) is 17.8 Å². The second-order valence-electron chi connectivity index (χ2n) is 6.26. The molecule has 1 aromatic heterocycles. The number of rotatable bonds is 2. The van der Waals surface area contributed by atoms with Gasteiger partial charge in [-0.3, -0.25) is 0 Å². The van der Waals surface area contributed by atoms with Crippen molar-refractivity contribution in [3.63, 3.8) is 0 Å². The third-order valence-corrected chi connectivity index (χ3v) is 6.08. The number of carbonyl (C=O) groups excluding carboxylic acids is 1. The van der Waals surface area contributed by atoms with E-state index < -0.39 is 5.97 Å². The highest BCUT2D eigenvalue weighted by atomic mass is 32.2. The molecule has 0 saturated carbocycles. The normalized spacial score (nSPS) is 15.4. The Bertz CT molecular complexity index is 806. The van der Waals surface area contributed by atoms with Gasteiger partial charge in [0.25, 0.3) is 0 Å². The predicted octanol–water partition coefficient (Wildman–Crippen LogP) is 3.21. The number of thiophene rings is 1. The van der Waals surface area contributed by atoms with Crippen molar-refractivity contribution in [1.82, 2.24) is 0 Å². The molecule has 1 aliphatic heterocycles. The zero-order valence-corrected chi connectivity index (χ0v) is 14.8. The maximum absolute atomic E-state index is 10.6. The Hall–Kier alpha value is -1.70. The van der Waals surface area contributed by atoms with Gasteiger partial charge in [0.1, 0.15) is 0 Å². The molecule has 1 aromatic carbocycles. The average Bonchev–Trinajstić information content (AvgIpc) is 2.92. The summed E-state index contributed by atoms with van der Waals surface area (Å²) in [4.78, 5) is 13.6. The van der Waals surface area contributed by atoms with Gasteiger partial charge in [0.15, 0.2) is 0 Å². The summed E-state index contributed by atoms with van der Waals surface area (Å²) in [6.07, 6.45) is 1.13. The minimum absolute atomic E-state index is 0.0450. The minimum atomic E-state index is -1.05. The Balaban J connectivity index is 1.84. The van der Waals surface area contributed by atoms with Crippen LogP contribution in [0.1, 0.15) is 41.1 Å². The molecule has 0 amide bonds. The molecule has 0 atom stereocenters. The number of fused-ring (bicyclic) bond motifs is 1. The van der Waals surface area contributed by atoms with Crippen LogP contribution in [0.3, 0.4) is 0 Å². The molecular formula is C19H17O2S2-. The molecule has 0 N–H and O–H groups in total. The molecule has 0 aliphatic carbocycles. The number of benzene rings is 1. The Kier molecular flexibility index (Phi) is 4.52. The van der Waals surface area contributed by atoms with Crippen molar-refractivity contribution >= 4 is 29.1 Å². The van der Waals surface area contributed by atoms with Gasteiger partial charge < -0.3 is 9.90 Å². The molecule has 2 heterocycles. The van der Waals surface area contributed by atoms with Crippen molar-refractivity contribution in [2.75, 3.05) is 5.75 Å². The maximum atomic E-state index is 10.6. The molecule has 0 bridgehead atoms. The van der Waals surface area contributed by atoms with Gasteiger partial charge >= 0.3 is 0 Å². The fraction of sp³-hybridized carbons (Fsp3) is 0.316. The topological polar surface area (TPSA) is 40.1 Å². The molecule has 0 spiro atoms. The highest BCUT2D eigenvalue weighted by Crippen LogP contribution is 2.41. The van der Waals surface area contributed by atoms with Crippen molar-refractivity contribution in [1.29, 1.82) is 0 Å². The quantitative estimate of drug-likeness (QED) is 0.788. The van der Waals surface area contributed by atoms with E-state index in [1.54, 1.807) is 6.07 Å². The summed E-state index contributed by atoms with van der Waals surface area (Å²) in [6, 6.07) is 10.1. The van der Waals surface area contributed by atoms with Gasteiger partial charge in [-0.2, -0.15) is 0 Å². The summed E-state index contributed by atoms with van der Waals surface area (Å²) in [6.45, 7) is 4.57. The van der Waals surface area contributed by atoms with Crippen LogP contribution in [0.25, 0.3) is 0 Å². The number of aliphatic carboxylic acids is 1. The Morgan fingerprint density at radius 3 is 2.87 bits per heavy atom. The lowest BCUT2D eigenvalue weighted by molar-refractivity contribution is -0.304. The van der Waals surface area contributed by atoms with Crippen molar-refractivity contribution in [2.45, 2.75) is 37.0 Å². The Morgan fingerprint density at radius 2 is 2.09 bits per heavy atom. The lowest BCUT2D eigenvalue weighted by Crippen LogP contribution is -2.23. The van der Waals surface area contributed by atoms with Gasteiger partial charge in [-0.15, -0.1) is 23.1 Å². The summed E-state index contributed by atoms with van der Waals surface area (Å²) >= 11 is 3.33. The van der Waals surface area contributed by atoms with Gasteiger partial charge in [-0.1, -0.05) is 25.7 Å². The van der Waals surface area contributed by atoms with Gasteiger partial charge in [0.2, 0.25) is 0 Å². The number of hydrogen-bond donors (Lipinski definition) is 0. The second kappa shape index (κ2) is 6.43. The van der Waals surface area contributed by atoms with Gasteiger partial charge in [0.05, 0.1) is 4.88 Å². The van der Waals surface area contributed by atoms with Gasteiger partial charge in [-0.05, 0) is 53.5 Å². The molecule has 118 valence electrons.